The molecule has 0 aromatic heterocycles. The molecule has 0 saturated heterocycles. The molecule has 3 rings (SSSR count). The van der Waals surface area contributed by atoms with Crippen LogP contribution in [0.25, 0.3) is 11.1 Å². The lowest BCUT2D eigenvalue weighted by Crippen LogP contribution is -2.13. The van der Waals surface area contributed by atoms with Crippen LogP contribution in [0, 0.1) is 5.92 Å². The molecule has 0 heterocycles. The van der Waals surface area contributed by atoms with Crippen molar-refractivity contribution in [1.82, 2.24) is 0 Å². The molecule has 0 atom stereocenters. The summed E-state index contributed by atoms with van der Waals surface area (Å²) >= 11 is 5.51. The van der Waals surface area contributed by atoms with Crippen molar-refractivity contribution in [3.8, 4) is 11.1 Å². The van der Waals surface area contributed by atoms with E-state index in [1.807, 2.05) is 12.1 Å². The molecule has 0 unspecified atom stereocenters. The number of hydrogen-bond donors (Lipinski definition) is 0. The third kappa shape index (κ3) is 4.98. The summed E-state index contributed by atoms with van der Waals surface area (Å²) in [5, 5.41) is -0.405. The molecule has 2 aromatic rings. The molecule has 138 valence electrons. The lowest BCUT2D eigenvalue weighted by Gasteiger charge is -2.29. The van der Waals surface area contributed by atoms with Gasteiger partial charge in [0.2, 0.25) is 0 Å². The average Bonchev–Trinajstić information content (AvgIpc) is 2.69. The normalized spacial score (nSPS) is 20.1. The predicted molar refractivity (Wildman–Crippen MR) is 111 cm³/mol. The van der Waals surface area contributed by atoms with E-state index in [-0.39, 0.29) is 0 Å². The molecule has 26 heavy (non-hydrogen) atoms. The van der Waals surface area contributed by atoms with Gasteiger partial charge in [-0.15, -0.1) is 0 Å². The van der Waals surface area contributed by atoms with E-state index in [4.69, 9.17) is 11.6 Å². The summed E-state index contributed by atoms with van der Waals surface area (Å²) in [6.07, 6.45) is 11.0. The molecular weight excluding hydrogens is 340 g/mol. The van der Waals surface area contributed by atoms with Crippen LogP contribution < -0.4 is 0 Å². The highest BCUT2D eigenvalue weighted by molar-refractivity contribution is 6.67. The minimum absolute atomic E-state index is 0.405. The molecule has 0 N–H and O–H groups in total. The van der Waals surface area contributed by atoms with Crippen LogP contribution in [0.5, 0.6) is 0 Å². The van der Waals surface area contributed by atoms with Crippen LogP contribution in [0.1, 0.15) is 80.1 Å². The summed E-state index contributed by atoms with van der Waals surface area (Å²) in [6, 6.07) is 16.5. The Labute approximate surface area is 162 Å². The van der Waals surface area contributed by atoms with Crippen molar-refractivity contribution in [1.29, 1.82) is 0 Å². The Kier molecular flexibility index (Phi) is 6.91. The summed E-state index contributed by atoms with van der Waals surface area (Å²) in [5.41, 5.74) is 4.34. The Balaban J connectivity index is 1.57. The van der Waals surface area contributed by atoms with E-state index in [0.717, 1.165) is 17.4 Å². The molecule has 0 spiro atoms. The van der Waals surface area contributed by atoms with Gasteiger partial charge in [0.1, 0.15) is 0 Å². The first-order valence-electron chi connectivity index (χ1n) is 10.1. The second-order valence-electron chi connectivity index (χ2n) is 7.69. The van der Waals surface area contributed by atoms with Crippen LogP contribution in [0.4, 0.5) is 0 Å². The summed E-state index contributed by atoms with van der Waals surface area (Å²) in [6.45, 7) is 2.28. The molecule has 1 nitrogen and oxygen atoms in total. The Morgan fingerprint density at radius 1 is 0.885 bits per heavy atom. The van der Waals surface area contributed by atoms with Gasteiger partial charge in [0.05, 0.1) is 0 Å². The highest BCUT2D eigenvalue weighted by Crippen LogP contribution is 2.38. The van der Waals surface area contributed by atoms with Crippen molar-refractivity contribution in [3.05, 3.63) is 59.7 Å². The van der Waals surface area contributed by atoms with E-state index in [1.165, 1.54) is 62.5 Å². The van der Waals surface area contributed by atoms with Crippen LogP contribution in [0.15, 0.2) is 48.5 Å². The maximum Gasteiger partial charge on any atom is 0.252 e. The number of rotatable bonds is 7. The van der Waals surface area contributed by atoms with Gasteiger partial charge < -0.3 is 0 Å². The number of unbranched alkanes of at least 4 members (excludes halogenated alkanes) is 2. The van der Waals surface area contributed by atoms with Crippen LogP contribution in [0.3, 0.4) is 0 Å². The van der Waals surface area contributed by atoms with E-state index in [0.29, 0.717) is 5.56 Å². The first kappa shape index (κ1) is 19.2. The zero-order valence-corrected chi connectivity index (χ0v) is 16.5. The van der Waals surface area contributed by atoms with E-state index in [9.17, 15) is 4.79 Å². The molecule has 1 saturated carbocycles. The van der Waals surface area contributed by atoms with E-state index in [2.05, 4.69) is 31.2 Å². The fourth-order valence-corrected chi connectivity index (χ4v) is 4.33. The highest BCUT2D eigenvalue weighted by atomic mass is 35.5. The fraction of sp³-hybridized carbons (Fsp3) is 0.458. The fourth-order valence-electron chi connectivity index (χ4n) is 4.21. The van der Waals surface area contributed by atoms with Crippen molar-refractivity contribution < 1.29 is 4.79 Å². The maximum atomic E-state index is 11.2. The van der Waals surface area contributed by atoms with Gasteiger partial charge in [0, 0.05) is 5.56 Å². The first-order chi connectivity index (χ1) is 12.7. The monoisotopic (exact) mass is 368 g/mol. The number of carbonyl (C=O) groups is 1. The highest BCUT2D eigenvalue weighted by Gasteiger charge is 2.22. The lowest BCUT2D eigenvalue weighted by molar-refractivity contribution is 0.108. The van der Waals surface area contributed by atoms with Gasteiger partial charge in [0.15, 0.2) is 0 Å². The molecule has 0 bridgehead atoms. The van der Waals surface area contributed by atoms with Gasteiger partial charge in [-0.25, -0.2) is 0 Å². The van der Waals surface area contributed by atoms with Crippen molar-refractivity contribution in [2.45, 2.75) is 64.2 Å². The van der Waals surface area contributed by atoms with Crippen molar-refractivity contribution in [2.24, 2.45) is 5.92 Å². The first-order valence-corrected chi connectivity index (χ1v) is 10.5. The SMILES string of the molecule is CCCCCC1CCC(c2ccc(-c3ccc(C(=O)Cl)cc3)cc2)CC1. The second kappa shape index (κ2) is 9.37. The topological polar surface area (TPSA) is 17.1 Å². The average molecular weight is 369 g/mol. The van der Waals surface area contributed by atoms with Crippen LogP contribution >= 0.6 is 11.6 Å². The van der Waals surface area contributed by atoms with Gasteiger partial charge in [0.25, 0.3) is 5.24 Å². The zero-order chi connectivity index (χ0) is 18.4. The summed E-state index contributed by atoms with van der Waals surface area (Å²) in [7, 11) is 0. The Hall–Kier alpha value is -1.60. The van der Waals surface area contributed by atoms with Crippen LogP contribution in [-0.4, -0.2) is 5.24 Å². The third-order valence-electron chi connectivity index (χ3n) is 5.89. The largest absolute Gasteiger partial charge is 0.276 e. The Morgan fingerprint density at radius 3 is 2.00 bits per heavy atom. The van der Waals surface area contributed by atoms with Crippen LogP contribution in [-0.2, 0) is 0 Å². The molecule has 0 amide bonds. The van der Waals surface area contributed by atoms with Crippen molar-refractivity contribution in [2.75, 3.05) is 0 Å². The summed E-state index contributed by atoms with van der Waals surface area (Å²) < 4.78 is 0. The van der Waals surface area contributed by atoms with E-state index >= 15 is 0 Å². The number of benzene rings is 2. The molecule has 0 radical (unpaired) electrons. The molecule has 1 aliphatic carbocycles. The molecule has 2 heteroatoms. The minimum atomic E-state index is -0.405. The zero-order valence-electron chi connectivity index (χ0n) is 15.7. The van der Waals surface area contributed by atoms with Gasteiger partial charge in [-0.05, 0) is 77.9 Å². The van der Waals surface area contributed by atoms with Crippen molar-refractivity contribution >= 4 is 16.8 Å². The van der Waals surface area contributed by atoms with Gasteiger partial charge in [-0.3, -0.25) is 4.79 Å². The standard InChI is InChI=1S/C24H29ClO/c1-2-3-4-5-18-6-8-19(9-7-18)20-10-12-21(13-11-20)22-14-16-23(17-15-22)24(25)26/h10-19H,2-9H2,1H3. The molecule has 0 aliphatic heterocycles. The maximum absolute atomic E-state index is 11.2. The van der Waals surface area contributed by atoms with Gasteiger partial charge >= 0.3 is 0 Å². The molecule has 2 aromatic carbocycles. The summed E-state index contributed by atoms with van der Waals surface area (Å²) in [5.74, 6) is 1.68. The number of halogens is 1. The van der Waals surface area contributed by atoms with Crippen molar-refractivity contribution in [3.63, 3.8) is 0 Å². The summed E-state index contributed by atoms with van der Waals surface area (Å²) in [4.78, 5) is 11.2. The smallest absolute Gasteiger partial charge is 0.252 e. The molecule has 1 fully saturated rings. The Bertz CT molecular complexity index is 694. The lowest BCUT2D eigenvalue weighted by atomic mass is 9.77. The van der Waals surface area contributed by atoms with E-state index in [1.54, 1.807) is 12.1 Å². The molecular formula is C24H29ClO. The number of carbonyl (C=O) groups excluding carboxylic acids is 1. The van der Waals surface area contributed by atoms with E-state index < -0.39 is 5.24 Å². The third-order valence-corrected chi connectivity index (χ3v) is 6.11. The minimum Gasteiger partial charge on any atom is -0.276 e. The predicted octanol–water partition coefficient (Wildman–Crippen LogP) is 7.59. The van der Waals surface area contributed by atoms with Crippen LogP contribution in [0.2, 0.25) is 0 Å². The van der Waals surface area contributed by atoms with Gasteiger partial charge in [-0.2, -0.15) is 0 Å². The molecule has 1 aliphatic rings. The quantitative estimate of drug-likeness (QED) is 0.363. The van der Waals surface area contributed by atoms with Gasteiger partial charge in [-0.1, -0.05) is 69.0 Å². The number of hydrogen-bond acceptors (Lipinski definition) is 1. The second-order valence-corrected chi connectivity index (χ2v) is 8.03. The Morgan fingerprint density at radius 2 is 1.46 bits per heavy atom.